The fourth-order valence-electron chi connectivity index (χ4n) is 2.55. The predicted molar refractivity (Wildman–Crippen MR) is 101 cm³/mol. The van der Waals surface area contributed by atoms with Crippen LogP contribution in [0.5, 0.6) is 0 Å². The van der Waals surface area contributed by atoms with E-state index in [1.165, 1.54) is 5.56 Å². The summed E-state index contributed by atoms with van der Waals surface area (Å²) in [5.41, 5.74) is 3.85. The molecule has 0 fully saturated rings. The fraction of sp³-hybridized carbons (Fsp3) is 0.333. The van der Waals surface area contributed by atoms with Crippen LogP contribution in [0.4, 0.5) is 5.69 Å². The van der Waals surface area contributed by atoms with Crippen LogP contribution in [0.1, 0.15) is 36.1 Å². The second-order valence-corrected chi connectivity index (χ2v) is 7.12. The van der Waals surface area contributed by atoms with Crippen LogP contribution in [0.25, 0.3) is 0 Å². The molecule has 132 valence electrons. The monoisotopic (exact) mass is 338 g/mol. The average Bonchev–Trinajstić information content (AvgIpc) is 2.52. The van der Waals surface area contributed by atoms with Crippen LogP contribution in [-0.4, -0.2) is 11.8 Å². The van der Waals surface area contributed by atoms with E-state index in [1.807, 2.05) is 63.2 Å². The van der Waals surface area contributed by atoms with E-state index in [9.17, 15) is 9.59 Å². The van der Waals surface area contributed by atoms with E-state index < -0.39 is 5.41 Å². The van der Waals surface area contributed by atoms with E-state index in [0.717, 1.165) is 16.7 Å². The highest BCUT2D eigenvalue weighted by Gasteiger charge is 2.35. The topological polar surface area (TPSA) is 58.2 Å². The molecule has 0 saturated carbocycles. The molecule has 2 aromatic carbocycles. The molecule has 0 aromatic heterocycles. The normalized spacial score (nSPS) is 11.1. The van der Waals surface area contributed by atoms with E-state index in [-0.39, 0.29) is 11.8 Å². The highest BCUT2D eigenvalue weighted by Crippen LogP contribution is 2.21. The van der Waals surface area contributed by atoms with Gasteiger partial charge in [0.25, 0.3) is 0 Å². The zero-order chi connectivity index (χ0) is 18.6. The van der Waals surface area contributed by atoms with Gasteiger partial charge < -0.3 is 10.6 Å². The minimum absolute atomic E-state index is 0.296. The molecule has 0 heterocycles. The molecule has 4 nitrogen and oxygen atoms in total. The first kappa shape index (κ1) is 18.7. The van der Waals surface area contributed by atoms with Crippen molar-refractivity contribution in [3.05, 3.63) is 64.7 Å². The smallest absolute Gasteiger partial charge is 0.239 e. The number of carbonyl (C=O) groups excluding carboxylic acids is 2. The van der Waals surface area contributed by atoms with Gasteiger partial charge in [-0.3, -0.25) is 9.59 Å². The molecule has 2 amide bonds. The lowest BCUT2D eigenvalue weighted by molar-refractivity contribution is -0.138. The Bertz CT molecular complexity index is 757. The van der Waals surface area contributed by atoms with E-state index in [0.29, 0.717) is 12.2 Å². The lowest BCUT2D eigenvalue weighted by atomic mass is 9.90. The summed E-state index contributed by atoms with van der Waals surface area (Å²) in [6.45, 7) is 9.64. The van der Waals surface area contributed by atoms with Crippen molar-refractivity contribution in [1.82, 2.24) is 5.32 Å². The van der Waals surface area contributed by atoms with E-state index in [4.69, 9.17) is 0 Å². The van der Waals surface area contributed by atoms with Crippen molar-refractivity contribution < 1.29 is 9.59 Å². The zero-order valence-electron chi connectivity index (χ0n) is 15.6. The molecular formula is C21H26N2O2. The van der Waals surface area contributed by atoms with E-state index in [2.05, 4.69) is 10.6 Å². The fourth-order valence-corrected chi connectivity index (χ4v) is 2.55. The minimum atomic E-state index is -1.16. The summed E-state index contributed by atoms with van der Waals surface area (Å²) in [5, 5.41) is 5.70. The summed E-state index contributed by atoms with van der Waals surface area (Å²) >= 11 is 0. The van der Waals surface area contributed by atoms with Gasteiger partial charge in [-0.15, -0.1) is 0 Å². The summed E-state index contributed by atoms with van der Waals surface area (Å²) in [5.74, 6) is -0.617. The molecule has 4 heteroatoms. The molecule has 2 rings (SSSR count). The molecular weight excluding hydrogens is 312 g/mol. The third-order valence-electron chi connectivity index (χ3n) is 4.19. The molecule has 0 spiro atoms. The van der Waals surface area contributed by atoms with Crippen molar-refractivity contribution in [3.8, 4) is 0 Å². The first-order chi connectivity index (χ1) is 11.7. The van der Waals surface area contributed by atoms with Gasteiger partial charge in [-0.2, -0.15) is 0 Å². The van der Waals surface area contributed by atoms with Gasteiger partial charge in [-0.25, -0.2) is 0 Å². The highest BCUT2D eigenvalue weighted by molar-refractivity contribution is 6.09. The number of hydrogen-bond acceptors (Lipinski definition) is 2. The Morgan fingerprint density at radius 1 is 0.840 bits per heavy atom. The summed E-state index contributed by atoms with van der Waals surface area (Å²) in [6.07, 6.45) is 0. The van der Waals surface area contributed by atoms with Crippen LogP contribution >= 0.6 is 0 Å². The van der Waals surface area contributed by atoms with Crippen molar-refractivity contribution in [3.63, 3.8) is 0 Å². The Morgan fingerprint density at radius 3 is 1.96 bits per heavy atom. The van der Waals surface area contributed by atoms with Crippen LogP contribution in [0.15, 0.2) is 42.5 Å². The zero-order valence-corrected chi connectivity index (χ0v) is 15.6. The van der Waals surface area contributed by atoms with Gasteiger partial charge >= 0.3 is 0 Å². The molecule has 0 unspecified atom stereocenters. The lowest BCUT2D eigenvalue weighted by Crippen LogP contribution is -2.44. The maximum Gasteiger partial charge on any atom is 0.239 e. The van der Waals surface area contributed by atoms with Crippen molar-refractivity contribution in [2.45, 2.75) is 41.2 Å². The number of rotatable bonds is 5. The van der Waals surface area contributed by atoms with Crippen molar-refractivity contribution in [2.75, 3.05) is 5.32 Å². The highest BCUT2D eigenvalue weighted by atomic mass is 16.2. The lowest BCUT2D eigenvalue weighted by Gasteiger charge is -2.23. The Hall–Kier alpha value is -2.62. The molecule has 0 saturated heterocycles. The molecule has 2 aromatic rings. The largest absolute Gasteiger partial charge is 0.351 e. The van der Waals surface area contributed by atoms with Crippen LogP contribution in [0.2, 0.25) is 0 Å². The Morgan fingerprint density at radius 2 is 1.40 bits per heavy atom. The maximum absolute atomic E-state index is 12.6. The number of carbonyl (C=O) groups is 2. The molecule has 0 bridgehead atoms. The summed E-state index contributed by atoms with van der Waals surface area (Å²) in [4.78, 5) is 25.1. The third-order valence-corrected chi connectivity index (χ3v) is 4.19. The van der Waals surface area contributed by atoms with E-state index >= 15 is 0 Å². The summed E-state index contributed by atoms with van der Waals surface area (Å²) in [6, 6.07) is 13.8. The molecule has 0 aliphatic heterocycles. The van der Waals surface area contributed by atoms with Gasteiger partial charge in [0, 0.05) is 12.2 Å². The quantitative estimate of drug-likeness (QED) is 0.813. The second-order valence-electron chi connectivity index (χ2n) is 7.12. The standard InChI is InChI=1S/C21H26N2O2/c1-14-6-8-17(9-7-14)13-22-19(24)21(4,5)20(25)23-18-11-15(2)10-16(3)12-18/h6-12H,13H2,1-5H3,(H,22,24)(H,23,25). The van der Waals surface area contributed by atoms with Crippen molar-refractivity contribution in [2.24, 2.45) is 5.41 Å². The van der Waals surface area contributed by atoms with E-state index in [1.54, 1.807) is 13.8 Å². The summed E-state index contributed by atoms with van der Waals surface area (Å²) in [7, 11) is 0. The number of benzene rings is 2. The third kappa shape index (κ3) is 4.92. The van der Waals surface area contributed by atoms with Crippen molar-refractivity contribution >= 4 is 17.5 Å². The van der Waals surface area contributed by atoms with Gasteiger partial charge in [0.2, 0.25) is 11.8 Å². The van der Waals surface area contributed by atoms with Gasteiger partial charge in [-0.1, -0.05) is 35.9 Å². The molecule has 2 N–H and O–H groups in total. The molecule has 0 atom stereocenters. The molecule has 0 aliphatic carbocycles. The SMILES string of the molecule is Cc1ccc(CNC(=O)C(C)(C)C(=O)Nc2cc(C)cc(C)c2)cc1. The predicted octanol–water partition coefficient (Wildman–Crippen LogP) is 3.89. The molecule has 0 aliphatic rings. The number of nitrogens with one attached hydrogen (secondary N) is 2. The van der Waals surface area contributed by atoms with Gasteiger partial charge in [-0.05, 0) is 63.4 Å². The Kier molecular flexibility index (Phi) is 5.62. The maximum atomic E-state index is 12.6. The van der Waals surface area contributed by atoms with Crippen LogP contribution in [-0.2, 0) is 16.1 Å². The number of aryl methyl sites for hydroxylation is 3. The van der Waals surface area contributed by atoms with Crippen LogP contribution < -0.4 is 10.6 Å². The number of anilines is 1. The Balaban J connectivity index is 2.01. The first-order valence-electron chi connectivity index (χ1n) is 8.42. The summed E-state index contributed by atoms with van der Waals surface area (Å²) < 4.78 is 0. The molecule has 25 heavy (non-hydrogen) atoms. The van der Waals surface area contributed by atoms with Crippen molar-refractivity contribution in [1.29, 1.82) is 0 Å². The minimum Gasteiger partial charge on any atom is -0.351 e. The first-order valence-corrected chi connectivity index (χ1v) is 8.42. The average molecular weight is 338 g/mol. The van der Waals surface area contributed by atoms with Crippen LogP contribution in [0.3, 0.4) is 0 Å². The van der Waals surface area contributed by atoms with Gasteiger partial charge in [0.05, 0.1) is 0 Å². The number of amides is 2. The van der Waals surface area contributed by atoms with Gasteiger partial charge in [0.1, 0.15) is 5.41 Å². The number of hydrogen-bond donors (Lipinski definition) is 2. The Labute approximate surface area is 149 Å². The van der Waals surface area contributed by atoms with Crippen LogP contribution in [0, 0.1) is 26.2 Å². The second kappa shape index (κ2) is 7.51. The van der Waals surface area contributed by atoms with Gasteiger partial charge in [0.15, 0.2) is 0 Å². The molecule has 0 radical (unpaired) electrons.